The molecular weight excluding hydrogens is 252 g/mol. The van der Waals surface area contributed by atoms with Gasteiger partial charge in [-0.2, -0.15) is 0 Å². The van der Waals surface area contributed by atoms with Crippen LogP contribution in [0.2, 0.25) is 0 Å². The van der Waals surface area contributed by atoms with Crippen molar-refractivity contribution < 1.29 is 14.6 Å². The maximum Gasteiger partial charge on any atom is 0.335 e. The number of hydrogen-bond acceptors (Lipinski definition) is 2. The molecule has 1 rings (SSSR count). The van der Waals surface area contributed by atoms with Crippen LogP contribution in [0.1, 0.15) is 68.6 Å². The summed E-state index contributed by atoms with van der Waals surface area (Å²) in [4.78, 5) is 10.8. The fourth-order valence-electron chi connectivity index (χ4n) is 2.14. The van der Waals surface area contributed by atoms with Crippen LogP contribution in [-0.4, -0.2) is 17.7 Å². The lowest BCUT2D eigenvalue weighted by atomic mass is 10.1. The van der Waals surface area contributed by atoms with Crippen molar-refractivity contribution in [1.29, 1.82) is 0 Å². The first kappa shape index (κ1) is 16.5. The molecule has 0 bridgehead atoms. The number of unbranched alkanes of at least 4 members (excludes halogenated alkanes) is 7. The van der Waals surface area contributed by atoms with Crippen LogP contribution in [0.25, 0.3) is 0 Å². The summed E-state index contributed by atoms with van der Waals surface area (Å²) in [5.74, 6) is -0.268. The second-order valence-electron chi connectivity index (χ2n) is 5.16. The quantitative estimate of drug-likeness (QED) is 0.585. The molecule has 0 aliphatic rings. The summed E-state index contributed by atoms with van der Waals surface area (Å²) in [5, 5.41) is 8.88. The average Bonchev–Trinajstić information content (AvgIpc) is 2.46. The molecule has 3 nitrogen and oxygen atoms in total. The number of benzene rings is 1. The Hall–Kier alpha value is -1.51. The summed E-state index contributed by atoms with van der Waals surface area (Å²) in [6.45, 7) is 2.90. The zero-order valence-corrected chi connectivity index (χ0v) is 12.4. The molecule has 1 aromatic carbocycles. The van der Waals surface area contributed by atoms with Gasteiger partial charge in [-0.3, -0.25) is 0 Å². The van der Waals surface area contributed by atoms with Crippen molar-refractivity contribution in [3.63, 3.8) is 0 Å². The van der Waals surface area contributed by atoms with Crippen LogP contribution in [0, 0.1) is 0 Å². The van der Waals surface area contributed by atoms with Gasteiger partial charge in [0.25, 0.3) is 0 Å². The minimum absolute atomic E-state index is 0.276. The molecule has 0 fully saturated rings. The summed E-state index contributed by atoms with van der Waals surface area (Å²) in [5.41, 5.74) is 0.276. The molecule has 0 aromatic heterocycles. The molecule has 0 amide bonds. The Morgan fingerprint density at radius 2 is 1.70 bits per heavy atom. The van der Waals surface area contributed by atoms with Gasteiger partial charge in [0.1, 0.15) is 5.75 Å². The summed E-state index contributed by atoms with van der Waals surface area (Å²) in [6.07, 6.45) is 10.1. The summed E-state index contributed by atoms with van der Waals surface area (Å²) >= 11 is 0. The molecule has 0 radical (unpaired) electrons. The maximum absolute atomic E-state index is 10.8. The molecule has 0 aliphatic heterocycles. The third kappa shape index (κ3) is 7.17. The van der Waals surface area contributed by atoms with Crippen molar-refractivity contribution in [1.82, 2.24) is 0 Å². The van der Waals surface area contributed by atoms with Gasteiger partial charge >= 0.3 is 5.97 Å². The van der Waals surface area contributed by atoms with Gasteiger partial charge in [-0.1, -0.05) is 57.9 Å². The van der Waals surface area contributed by atoms with Gasteiger partial charge in [0.2, 0.25) is 0 Å². The van der Waals surface area contributed by atoms with Crippen LogP contribution in [0.5, 0.6) is 5.75 Å². The van der Waals surface area contributed by atoms with E-state index >= 15 is 0 Å². The highest BCUT2D eigenvalue weighted by atomic mass is 16.5. The fourth-order valence-corrected chi connectivity index (χ4v) is 2.14. The Balaban J connectivity index is 2.06. The standard InChI is InChI=1S/C17H26O3/c1-2-3-4-5-6-7-8-9-13-20-16-12-10-11-15(14-16)17(18)19/h10-12,14H,2-9,13H2,1H3,(H,18,19). The SMILES string of the molecule is CCCCCCCCCCOc1cccc(C(=O)O)c1. The fraction of sp³-hybridized carbons (Fsp3) is 0.588. The van der Waals surface area contributed by atoms with Gasteiger partial charge in [-0.05, 0) is 24.6 Å². The third-order valence-corrected chi connectivity index (χ3v) is 3.35. The minimum Gasteiger partial charge on any atom is -0.494 e. The second-order valence-corrected chi connectivity index (χ2v) is 5.16. The van der Waals surface area contributed by atoms with Crippen molar-refractivity contribution in [2.75, 3.05) is 6.61 Å². The Morgan fingerprint density at radius 1 is 1.05 bits per heavy atom. The van der Waals surface area contributed by atoms with E-state index in [0.717, 1.165) is 6.42 Å². The number of carbonyl (C=O) groups is 1. The molecule has 20 heavy (non-hydrogen) atoms. The van der Waals surface area contributed by atoms with E-state index in [2.05, 4.69) is 6.92 Å². The average molecular weight is 278 g/mol. The van der Waals surface area contributed by atoms with Crippen molar-refractivity contribution >= 4 is 5.97 Å². The number of ether oxygens (including phenoxy) is 1. The zero-order chi connectivity index (χ0) is 14.6. The van der Waals surface area contributed by atoms with E-state index in [1.54, 1.807) is 24.3 Å². The van der Waals surface area contributed by atoms with Crippen LogP contribution in [0.3, 0.4) is 0 Å². The first-order valence-electron chi connectivity index (χ1n) is 7.70. The molecular formula is C17H26O3. The summed E-state index contributed by atoms with van der Waals surface area (Å²) in [6, 6.07) is 6.67. The van der Waals surface area contributed by atoms with E-state index in [0.29, 0.717) is 12.4 Å². The van der Waals surface area contributed by atoms with Crippen molar-refractivity contribution in [2.45, 2.75) is 58.3 Å². The lowest BCUT2D eigenvalue weighted by Gasteiger charge is -2.06. The highest BCUT2D eigenvalue weighted by Crippen LogP contribution is 2.14. The van der Waals surface area contributed by atoms with E-state index < -0.39 is 5.97 Å². The molecule has 0 saturated carbocycles. The molecule has 0 atom stereocenters. The van der Waals surface area contributed by atoms with E-state index in [9.17, 15) is 4.79 Å². The van der Waals surface area contributed by atoms with Crippen molar-refractivity contribution in [2.24, 2.45) is 0 Å². The highest BCUT2D eigenvalue weighted by molar-refractivity contribution is 5.87. The molecule has 0 saturated heterocycles. The van der Waals surface area contributed by atoms with Gasteiger partial charge in [0.05, 0.1) is 12.2 Å². The number of carboxylic acids is 1. The largest absolute Gasteiger partial charge is 0.494 e. The second kappa shape index (κ2) is 10.3. The topological polar surface area (TPSA) is 46.5 Å². The predicted octanol–water partition coefficient (Wildman–Crippen LogP) is 4.90. The van der Waals surface area contributed by atoms with E-state index in [1.807, 2.05) is 0 Å². The Kier molecular flexibility index (Phi) is 8.52. The van der Waals surface area contributed by atoms with Gasteiger partial charge in [0.15, 0.2) is 0 Å². The Labute approximate surface area is 122 Å². The van der Waals surface area contributed by atoms with Gasteiger partial charge in [0, 0.05) is 0 Å². The summed E-state index contributed by atoms with van der Waals surface area (Å²) in [7, 11) is 0. The first-order valence-corrected chi connectivity index (χ1v) is 7.70. The molecule has 0 unspecified atom stereocenters. The monoisotopic (exact) mass is 278 g/mol. The third-order valence-electron chi connectivity index (χ3n) is 3.35. The van der Waals surface area contributed by atoms with Gasteiger partial charge < -0.3 is 9.84 Å². The van der Waals surface area contributed by atoms with E-state index in [-0.39, 0.29) is 5.56 Å². The predicted molar refractivity (Wildman–Crippen MR) is 81.5 cm³/mol. The molecule has 0 heterocycles. The van der Waals surface area contributed by atoms with Crippen LogP contribution in [0.4, 0.5) is 0 Å². The molecule has 0 spiro atoms. The van der Waals surface area contributed by atoms with Gasteiger partial charge in [-0.15, -0.1) is 0 Å². The molecule has 3 heteroatoms. The number of carboxylic acid groups (broad SMARTS) is 1. The smallest absolute Gasteiger partial charge is 0.335 e. The summed E-state index contributed by atoms with van der Waals surface area (Å²) < 4.78 is 5.58. The van der Waals surface area contributed by atoms with Crippen LogP contribution in [-0.2, 0) is 0 Å². The van der Waals surface area contributed by atoms with E-state index in [4.69, 9.17) is 9.84 Å². The number of hydrogen-bond donors (Lipinski definition) is 1. The van der Waals surface area contributed by atoms with Crippen LogP contribution >= 0.6 is 0 Å². The first-order chi connectivity index (χ1) is 9.74. The highest BCUT2D eigenvalue weighted by Gasteiger charge is 2.03. The van der Waals surface area contributed by atoms with Crippen molar-refractivity contribution in [3.8, 4) is 5.75 Å². The Morgan fingerprint density at radius 3 is 2.35 bits per heavy atom. The molecule has 1 aromatic rings. The number of aromatic carboxylic acids is 1. The number of rotatable bonds is 11. The van der Waals surface area contributed by atoms with Gasteiger partial charge in [-0.25, -0.2) is 4.79 Å². The van der Waals surface area contributed by atoms with E-state index in [1.165, 1.54) is 44.9 Å². The lowest BCUT2D eigenvalue weighted by molar-refractivity contribution is 0.0696. The maximum atomic E-state index is 10.8. The molecule has 112 valence electrons. The molecule has 0 aliphatic carbocycles. The molecule has 1 N–H and O–H groups in total. The van der Waals surface area contributed by atoms with Crippen LogP contribution in [0.15, 0.2) is 24.3 Å². The zero-order valence-electron chi connectivity index (χ0n) is 12.4. The minimum atomic E-state index is -0.914. The lowest BCUT2D eigenvalue weighted by Crippen LogP contribution is -2.00. The normalized spacial score (nSPS) is 10.4. The van der Waals surface area contributed by atoms with Crippen molar-refractivity contribution in [3.05, 3.63) is 29.8 Å². The Bertz CT molecular complexity index is 388. The van der Waals surface area contributed by atoms with Crippen LogP contribution < -0.4 is 4.74 Å².